The molecule has 0 saturated heterocycles. The molecule has 0 bridgehead atoms. The van der Waals surface area contributed by atoms with E-state index in [9.17, 15) is 10.1 Å². The number of Topliss-reactive ketones (excluding diaryl/α,β-unsaturated/α-hetero) is 1. The molecule has 0 aliphatic heterocycles. The van der Waals surface area contributed by atoms with Gasteiger partial charge in [0.15, 0.2) is 5.78 Å². The second-order valence-corrected chi connectivity index (χ2v) is 5.71. The van der Waals surface area contributed by atoms with Gasteiger partial charge in [-0.3, -0.25) is 4.79 Å². The highest BCUT2D eigenvalue weighted by molar-refractivity contribution is 7.98. The van der Waals surface area contributed by atoms with Crippen molar-refractivity contribution >= 4 is 17.5 Å². The molecule has 1 aromatic heterocycles. The Morgan fingerprint density at radius 3 is 2.68 bits per heavy atom. The van der Waals surface area contributed by atoms with E-state index in [-0.39, 0.29) is 5.78 Å². The highest BCUT2D eigenvalue weighted by atomic mass is 32.2. The average Bonchev–Trinajstić information content (AvgIpc) is 2.52. The van der Waals surface area contributed by atoms with E-state index in [4.69, 9.17) is 5.26 Å². The topological polar surface area (TPSA) is 77.5 Å². The molecule has 0 saturated carbocycles. The van der Waals surface area contributed by atoms with Crippen molar-refractivity contribution in [2.45, 2.75) is 24.6 Å². The van der Waals surface area contributed by atoms with Crippen LogP contribution in [0.3, 0.4) is 0 Å². The fourth-order valence-electron chi connectivity index (χ4n) is 2.01. The molecule has 5 heteroatoms. The summed E-state index contributed by atoms with van der Waals surface area (Å²) in [4.78, 5) is 15.9. The van der Waals surface area contributed by atoms with Crippen molar-refractivity contribution in [3.63, 3.8) is 0 Å². The van der Waals surface area contributed by atoms with E-state index in [1.54, 1.807) is 19.1 Å². The second kappa shape index (κ2) is 6.89. The summed E-state index contributed by atoms with van der Waals surface area (Å²) in [5, 5.41) is 18.7. The number of aryl methyl sites for hydroxylation is 1. The molecule has 0 atom stereocenters. The molecule has 0 amide bonds. The number of thioether (sulfide) groups is 1. The summed E-state index contributed by atoms with van der Waals surface area (Å²) in [5.41, 5.74) is 3.10. The van der Waals surface area contributed by atoms with Crippen LogP contribution in [0.2, 0.25) is 0 Å². The fourth-order valence-corrected chi connectivity index (χ4v) is 2.96. The number of rotatable bonds is 4. The van der Waals surface area contributed by atoms with E-state index >= 15 is 0 Å². The van der Waals surface area contributed by atoms with Gasteiger partial charge in [0.2, 0.25) is 0 Å². The van der Waals surface area contributed by atoms with Crippen molar-refractivity contribution < 1.29 is 4.79 Å². The molecular formula is C17H13N3OS. The van der Waals surface area contributed by atoms with E-state index in [1.807, 2.05) is 18.2 Å². The molecule has 22 heavy (non-hydrogen) atoms. The number of carbonyl (C=O) groups is 1. The first-order valence-electron chi connectivity index (χ1n) is 6.59. The van der Waals surface area contributed by atoms with Gasteiger partial charge in [-0.25, -0.2) is 4.98 Å². The summed E-state index contributed by atoms with van der Waals surface area (Å²) >= 11 is 1.42. The minimum atomic E-state index is -0.0974. The Morgan fingerprint density at radius 2 is 2.05 bits per heavy atom. The number of ketones is 1. The molecule has 0 unspecified atom stereocenters. The molecule has 0 N–H and O–H groups in total. The summed E-state index contributed by atoms with van der Waals surface area (Å²) < 4.78 is 0. The molecule has 2 rings (SSSR count). The van der Waals surface area contributed by atoms with Gasteiger partial charge in [0, 0.05) is 17.0 Å². The third-order valence-corrected chi connectivity index (χ3v) is 4.17. The van der Waals surface area contributed by atoms with E-state index in [0.717, 1.165) is 5.56 Å². The Morgan fingerprint density at radius 1 is 1.27 bits per heavy atom. The quantitative estimate of drug-likeness (QED) is 0.636. The van der Waals surface area contributed by atoms with E-state index in [2.05, 4.69) is 17.1 Å². The van der Waals surface area contributed by atoms with E-state index < -0.39 is 0 Å². The zero-order valence-corrected chi connectivity index (χ0v) is 13.1. The number of carbonyl (C=O) groups excluding carboxylic acids is 1. The van der Waals surface area contributed by atoms with Crippen LogP contribution in [0.5, 0.6) is 0 Å². The number of pyridine rings is 1. The minimum Gasteiger partial charge on any atom is -0.294 e. The molecule has 2 aromatic rings. The van der Waals surface area contributed by atoms with Crippen LogP contribution in [0, 0.1) is 29.6 Å². The highest BCUT2D eigenvalue weighted by Gasteiger charge is 2.12. The highest BCUT2D eigenvalue weighted by Crippen LogP contribution is 2.26. The summed E-state index contributed by atoms with van der Waals surface area (Å²) in [7, 11) is 0. The number of benzene rings is 1. The van der Waals surface area contributed by atoms with Crippen LogP contribution in [0.15, 0.2) is 35.4 Å². The lowest BCUT2D eigenvalue weighted by molar-refractivity contribution is 0.101. The molecule has 4 nitrogen and oxygen atoms in total. The van der Waals surface area contributed by atoms with Crippen LogP contribution in [0.25, 0.3) is 0 Å². The summed E-state index contributed by atoms with van der Waals surface area (Å²) in [5.74, 6) is 0.510. The molecule has 0 aliphatic carbocycles. The Balaban J connectivity index is 2.26. The summed E-state index contributed by atoms with van der Waals surface area (Å²) in [6.45, 7) is 3.23. The van der Waals surface area contributed by atoms with Gasteiger partial charge in [-0.2, -0.15) is 10.5 Å². The standard InChI is InChI=1S/C17H13N3OS/c1-11-16(12(2)21)7-15(9-19)17(20-11)22-10-14-5-3-4-13(6-14)8-18/h3-7H,10H2,1-2H3. The Labute approximate surface area is 133 Å². The molecule has 0 fully saturated rings. The Bertz CT molecular complexity index is 816. The van der Waals surface area contributed by atoms with Gasteiger partial charge in [-0.05, 0) is 37.6 Å². The molecule has 1 heterocycles. The maximum Gasteiger partial charge on any atom is 0.161 e. The maximum atomic E-state index is 11.5. The third-order valence-electron chi connectivity index (χ3n) is 3.11. The van der Waals surface area contributed by atoms with Crippen molar-refractivity contribution in [2.75, 3.05) is 0 Å². The van der Waals surface area contributed by atoms with Crippen LogP contribution in [-0.4, -0.2) is 10.8 Å². The van der Waals surface area contributed by atoms with Crippen molar-refractivity contribution in [1.29, 1.82) is 10.5 Å². The number of aromatic nitrogens is 1. The molecule has 0 radical (unpaired) electrons. The molecule has 0 aliphatic rings. The lowest BCUT2D eigenvalue weighted by Gasteiger charge is -2.08. The largest absolute Gasteiger partial charge is 0.294 e. The molecule has 108 valence electrons. The molecule has 0 spiro atoms. The number of nitriles is 2. The third kappa shape index (κ3) is 3.52. The normalized spacial score (nSPS) is 9.82. The number of hydrogen-bond donors (Lipinski definition) is 0. The van der Waals surface area contributed by atoms with Crippen molar-refractivity contribution in [3.05, 3.63) is 58.3 Å². The first-order chi connectivity index (χ1) is 10.5. The van der Waals surface area contributed by atoms with Crippen LogP contribution >= 0.6 is 11.8 Å². The van der Waals surface area contributed by atoms with Gasteiger partial charge in [0.1, 0.15) is 11.1 Å². The van der Waals surface area contributed by atoms with Crippen molar-refractivity contribution in [1.82, 2.24) is 4.98 Å². The van der Waals surface area contributed by atoms with Gasteiger partial charge in [0.05, 0.1) is 17.2 Å². The molecular weight excluding hydrogens is 294 g/mol. The minimum absolute atomic E-state index is 0.0974. The first kappa shape index (κ1) is 15.8. The monoisotopic (exact) mass is 307 g/mol. The van der Waals surface area contributed by atoms with Crippen LogP contribution in [0.1, 0.15) is 39.7 Å². The van der Waals surface area contributed by atoms with Gasteiger partial charge in [-0.15, -0.1) is 11.8 Å². The van der Waals surface area contributed by atoms with Crippen LogP contribution < -0.4 is 0 Å². The summed E-state index contributed by atoms with van der Waals surface area (Å²) in [6, 6.07) is 13.1. The van der Waals surface area contributed by atoms with Crippen molar-refractivity contribution in [2.24, 2.45) is 0 Å². The van der Waals surface area contributed by atoms with E-state index in [1.165, 1.54) is 18.7 Å². The van der Waals surface area contributed by atoms with Gasteiger partial charge < -0.3 is 0 Å². The molecule has 1 aromatic carbocycles. The fraction of sp³-hybridized carbons (Fsp3) is 0.176. The summed E-state index contributed by atoms with van der Waals surface area (Å²) in [6.07, 6.45) is 0. The second-order valence-electron chi connectivity index (χ2n) is 4.74. The average molecular weight is 307 g/mol. The SMILES string of the molecule is CC(=O)c1cc(C#N)c(SCc2cccc(C#N)c2)nc1C. The predicted molar refractivity (Wildman–Crippen MR) is 84.4 cm³/mol. The predicted octanol–water partition coefficient (Wildman–Crippen LogP) is 3.63. The smallest absolute Gasteiger partial charge is 0.161 e. The zero-order valence-electron chi connectivity index (χ0n) is 12.3. The Kier molecular flexibility index (Phi) is 4.93. The Hall–Kier alpha value is -2.63. The van der Waals surface area contributed by atoms with Crippen LogP contribution in [0.4, 0.5) is 0 Å². The van der Waals surface area contributed by atoms with Gasteiger partial charge in [0.25, 0.3) is 0 Å². The lowest BCUT2D eigenvalue weighted by atomic mass is 10.1. The first-order valence-corrected chi connectivity index (χ1v) is 7.58. The maximum absolute atomic E-state index is 11.5. The number of nitrogens with zero attached hydrogens (tertiary/aromatic N) is 3. The van der Waals surface area contributed by atoms with Gasteiger partial charge >= 0.3 is 0 Å². The lowest BCUT2D eigenvalue weighted by Crippen LogP contribution is -2.02. The van der Waals surface area contributed by atoms with Gasteiger partial charge in [-0.1, -0.05) is 12.1 Å². The van der Waals surface area contributed by atoms with Crippen molar-refractivity contribution in [3.8, 4) is 12.1 Å². The van der Waals surface area contributed by atoms with E-state index in [0.29, 0.717) is 33.2 Å². The number of hydrogen-bond acceptors (Lipinski definition) is 5. The van der Waals surface area contributed by atoms with Crippen LogP contribution in [-0.2, 0) is 5.75 Å². The zero-order chi connectivity index (χ0) is 16.1.